The molecule has 0 aromatic carbocycles. The SMILES string of the molecule is c1csc(Nc2ncnc3nc[nH]c23)n1. The first kappa shape index (κ1) is 8.30. The lowest BCUT2D eigenvalue weighted by Gasteiger charge is -2.00. The van der Waals surface area contributed by atoms with Crippen LogP contribution >= 0.6 is 11.3 Å². The summed E-state index contributed by atoms with van der Waals surface area (Å²) in [4.78, 5) is 19.3. The van der Waals surface area contributed by atoms with Crippen molar-refractivity contribution in [3.8, 4) is 0 Å². The number of imidazole rings is 1. The topological polar surface area (TPSA) is 79.4 Å². The second kappa shape index (κ2) is 3.28. The van der Waals surface area contributed by atoms with Crippen molar-refractivity contribution in [1.29, 1.82) is 0 Å². The van der Waals surface area contributed by atoms with Gasteiger partial charge in [0, 0.05) is 11.6 Å². The molecule has 3 aromatic rings. The largest absolute Gasteiger partial charge is 0.340 e. The fourth-order valence-corrected chi connectivity index (χ4v) is 1.77. The molecule has 0 saturated heterocycles. The summed E-state index contributed by atoms with van der Waals surface area (Å²) in [7, 11) is 0. The lowest BCUT2D eigenvalue weighted by atomic mass is 10.5. The first-order chi connectivity index (χ1) is 7.43. The number of H-pyrrole nitrogens is 1. The number of anilines is 2. The Kier molecular flexibility index (Phi) is 1.82. The highest BCUT2D eigenvalue weighted by molar-refractivity contribution is 7.13. The molecule has 0 aliphatic heterocycles. The molecule has 0 bridgehead atoms. The molecule has 0 amide bonds. The van der Waals surface area contributed by atoms with E-state index in [0.29, 0.717) is 11.5 Å². The van der Waals surface area contributed by atoms with Crippen LogP contribution in [0.25, 0.3) is 11.2 Å². The maximum atomic E-state index is 4.13. The van der Waals surface area contributed by atoms with Gasteiger partial charge in [-0.3, -0.25) is 0 Å². The number of thiazole rings is 1. The van der Waals surface area contributed by atoms with Gasteiger partial charge in [-0.15, -0.1) is 11.3 Å². The van der Waals surface area contributed by atoms with E-state index in [1.807, 2.05) is 5.38 Å². The summed E-state index contributed by atoms with van der Waals surface area (Å²) in [6, 6.07) is 0. The highest BCUT2D eigenvalue weighted by atomic mass is 32.1. The molecule has 15 heavy (non-hydrogen) atoms. The summed E-state index contributed by atoms with van der Waals surface area (Å²) in [5, 5.41) is 5.79. The molecule has 0 fully saturated rings. The van der Waals surface area contributed by atoms with Crippen molar-refractivity contribution >= 4 is 33.5 Å². The Balaban J connectivity index is 2.07. The van der Waals surface area contributed by atoms with E-state index >= 15 is 0 Å². The normalized spacial score (nSPS) is 10.7. The monoisotopic (exact) mass is 218 g/mol. The minimum Gasteiger partial charge on any atom is -0.340 e. The van der Waals surface area contributed by atoms with E-state index < -0.39 is 0 Å². The number of aromatic amines is 1. The summed E-state index contributed by atoms with van der Waals surface area (Å²) in [6.07, 6.45) is 4.80. The van der Waals surface area contributed by atoms with Gasteiger partial charge in [-0.05, 0) is 0 Å². The van der Waals surface area contributed by atoms with Crippen LogP contribution in [0.2, 0.25) is 0 Å². The number of aromatic nitrogens is 5. The third kappa shape index (κ3) is 1.42. The lowest BCUT2D eigenvalue weighted by Crippen LogP contribution is -1.94. The Bertz CT molecular complexity index is 572. The average molecular weight is 218 g/mol. The van der Waals surface area contributed by atoms with Crippen LogP contribution in [0.15, 0.2) is 24.2 Å². The maximum Gasteiger partial charge on any atom is 0.188 e. The van der Waals surface area contributed by atoms with E-state index in [2.05, 4.69) is 30.2 Å². The van der Waals surface area contributed by atoms with Crippen molar-refractivity contribution in [2.24, 2.45) is 0 Å². The van der Waals surface area contributed by atoms with Crippen LogP contribution < -0.4 is 5.32 Å². The molecular formula is C8H6N6S. The Hall–Kier alpha value is -2.02. The molecule has 0 saturated carbocycles. The molecule has 0 aliphatic rings. The smallest absolute Gasteiger partial charge is 0.188 e. The van der Waals surface area contributed by atoms with E-state index in [9.17, 15) is 0 Å². The fourth-order valence-electron chi connectivity index (χ4n) is 1.25. The number of fused-ring (bicyclic) bond motifs is 1. The molecule has 7 heteroatoms. The van der Waals surface area contributed by atoms with Gasteiger partial charge in [-0.1, -0.05) is 0 Å². The summed E-state index contributed by atoms with van der Waals surface area (Å²) in [5.74, 6) is 0.687. The van der Waals surface area contributed by atoms with Gasteiger partial charge in [-0.2, -0.15) is 0 Å². The minimum absolute atomic E-state index is 0.643. The van der Waals surface area contributed by atoms with Gasteiger partial charge in [0.25, 0.3) is 0 Å². The van der Waals surface area contributed by atoms with Crippen LogP contribution in [-0.4, -0.2) is 24.9 Å². The van der Waals surface area contributed by atoms with Gasteiger partial charge in [0.05, 0.1) is 6.33 Å². The quantitative estimate of drug-likeness (QED) is 0.682. The highest BCUT2D eigenvalue weighted by Crippen LogP contribution is 2.21. The van der Waals surface area contributed by atoms with Crippen LogP contribution in [0, 0.1) is 0 Å². The molecule has 0 aliphatic carbocycles. The predicted molar refractivity (Wildman–Crippen MR) is 57.1 cm³/mol. The molecule has 0 radical (unpaired) electrons. The first-order valence-electron chi connectivity index (χ1n) is 4.24. The third-order valence-electron chi connectivity index (χ3n) is 1.88. The number of hydrogen-bond acceptors (Lipinski definition) is 6. The standard InChI is InChI=1S/C8H6N6S/c1-2-15-8(9-1)14-7-5-6(11-3-10-5)12-4-13-7/h1-4H,(H2,9,10,11,12,13,14). The number of nitrogens with zero attached hydrogens (tertiary/aromatic N) is 4. The zero-order valence-corrected chi connectivity index (χ0v) is 8.32. The molecule has 0 atom stereocenters. The van der Waals surface area contributed by atoms with E-state index in [1.165, 1.54) is 17.7 Å². The molecule has 3 rings (SSSR count). The highest BCUT2D eigenvalue weighted by Gasteiger charge is 2.06. The Morgan fingerprint density at radius 3 is 3.07 bits per heavy atom. The summed E-state index contributed by atoms with van der Waals surface area (Å²) in [5.41, 5.74) is 1.43. The van der Waals surface area contributed by atoms with Crippen molar-refractivity contribution < 1.29 is 0 Å². The van der Waals surface area contributed by atoms with Crippen molar-refractivity contribution in [2.75, 3.05) is 5.32 Å². The molecule has 6 nitrogen and oxygen atoms in total. The van der Waals surface area contributed by atoms with Crippen molar-refractivity contribution in [3.05, 3.63) is 24.2 Å². The Morgan fingerprint density at radius 2 is 2.20 bits per heavy atom. The van der Waals surface area contributed by atoms with Gasteiger partial charge >= 0.3 is 0 Å². The van der Waals surface area contributed by atoms with Crippen LogP contribution in [0.3, 0.4) is 0 Å². The first-order valence-corrected chi connectivity index (χ1v) is 5.12. The van der Waals surface area contributed by atoms with E-state index in [4.69, 9.17) is 0 Å². The minimum atomic E-state index is 0.643. The lowest BCUT2D eigenvalue weighted by molar-refractivity contribution is 1.19. The Morgan fingerprint density at radius 1 is 1.20 bits per heavy atom. The second-order valence-corrected chi connectivity index (χ2v) is 3.68. The van der Waals surface area contributed by atoms with Crippen molar-refractivity contribution in [2.45, 2.75) is 0 Å². The van der Waals surface area contributed by atoms with Crippen LogP contribution in [0.1, 0.15) is 0 Å². The molecule has 0 unspecified atom stereocenters. The van der Waals surface area contributed by atoms with Gasteiger partial charge < -0.3 is 10.3 Å². The fraction of sp³-hybridized carbons (Fsp3) is 0. The number of nitrogens with one attached hydrogen (secondary N) is 2. The predicted octanol–water partition coefficient (Wildman–Crippen LogP) is 1.55. The van der Waals surface area contributed by atoms with Gasteiger partial charge in [0.1, 0.15) is 11.8 Å². The van der Waals surface area contributed by atoms with Crippen LogP contribution in [0.5, 0.6) is 0 Å². The van der Waals surface area contributed by atoms with Crippen LogP contribution in [0.4, 0.5) is 10.9 Å². The summed E-state index contributed by atoms with van der Waals surface area (Å²) < 4.78 is 0. The third-order valence-corrected chi connectivity index (χ3v) is 2.57. The molecule has 0 spiro atoms. The molecular weight excluding hydrogens is 212 g/mol. The average Bonchev–Trinajstić information content (AvgIpc) is 2.87. The Labute approximate surface area is 88.4 Å². The maximum absolute atomic E-state index is 4.13. The molecule has 2 N–H and O–H groups in total. The number of rotatable bonds is 2. The molecule has 3 aromatic heterocycles. The van der Waals surface area contributed by atoms with Crippen LogP contribution in [-0.2, 0) is 0 Å². The summed E-state index contributed by atoms with van der Waals surface area (Å²) >= 11 is 1.51. The second-order valence-electron chi connectivity index (χ2n) is 2.79. The molecule has 3 heterocycles. The van der Waals surface area contributed by atoms with E-state index in [-0.39, 0.29) is 0 Å². The van der Waals surface area contributed by atoms with E-state index in [0.717, 1.165) is 10.6 Å². The van der Waals surface area contributed by atoms with Gasteiger partial charge in [0.2, 0.25) is 0 Å². The van der Waals surface area contributed by atoms with Gasteiger partial charge in [0.15, 0.2) is 16.6 Å². The van der Waals surface area contributed by atoms with E-state index in [1.54, 1.807) is 12.5 Å². The van der Waals surface area contributed by atoms with Crippen molar-refractivity contribution in [3.63, 3.8) is 0 Å². The molecule has 74 valence electrons. The zero-order valence-electron chi connectivity index (χ0n) is 7.51. The summed E-state index contributed by atoms with van der Waals surface area (Å²) in [6.45, 7) is 0. The zero-order chi connectivity index (χ0) is 10.1. The number of hydrogen-bond donors (Lipinski definition) is 2. The van der Waals surface area contributed by atoms with Gasteiger partial charge in [-0.25, -0.2) is 19.9 Å². The van der Waals surface area contributed by atoms with Crippen molar-refractivity contribution in [1.82, 2.24) is 24.9 Å².